The Morgan fingerprint density at radius 3 is 1.88 bits per heavy atom. The summed E-state index contributed by atoms with van der Waals surface area (Å²) in [4.78, 5) is 47.6. The molecule has 0 saturated carbocycles. The smallest absolute Gasteiger partial charge is 0.408 e. The van der Waals surface area contributed by atoms with Crippen molar-refractivity contribution in [3.05, 3.63) is 126 Å². The van der Waals surface area contributed by atoms with E-state index in [-0.39, 0.29) is 25.6 Å². The van der Waals surface area contributed by atoms with Gasteiger partial charge in [-0.2, -0.15) is 0 Å². The number of hydrogen-bond donors (Lipinski definition) is 4. The molecule has 0 fully saturated rings. The predicted octanol–water partition coefficient (Wildman–Crippen LogP) is 4.75. The van der Waals surface area contributed by atoms with Crippen LogP contribution in [0.2, 0.25) is 0 Å². The number of ether oxygens (including phenoxy) is 3. The lowest BCUT2D eigenvalue weighted by Crippen LogP contribution is -2.54. The molecule has 264 valence electrons. The fourth-order valence-electron chi connectivity index (χ4n) is 5.28. The van der Waals surface area contributed by atoms with E-state index >= 15 is 0 Å². The zero-order valence-electron chi connectivity index (χ0n) is 28.5. The molecule has 0 unspecified atom stereocenters. The Morgan fingerprint density at radius 1 is 0.720 bits per heavy atom. The molecule has 4 rings (SSSR count). The van der Waals surface area contributed by atoms with Crippen molar-refractivity contribution in [3.8, 4) is 5.88 Å². The highest BCUT2D eigenvalue weighted by atomic mass is 16.6. The van der Waals surface area contributed by atoms with Crippen LogP contribution in [0, 0.1) is 5.92 Å². The molecule has 0 aliphatic rings. The minimum Gasteiger partial charge on any atom is -0.481 e. The summed E-state index contributed by atoms with van der Waals surface area (Å²) in [5, 5.41) is 20.2. The van der Waals surface area contributed by atoms with E-state index in [9.17, 15) is 19.5 Å². The predicted molar refractivity (Wildman–Crippen MR) is 187 cm³/mol. The number of methoxy groups -OCH3 is 1. The van der Waals surface area contributed by atoms with Crippen LogP contribution in [-0.2, 0) is 40.3 Å². The summed E-state index contributed by atoms with van der Waals surface area (Å²) in [6.07, 6.45) is 3.07. The Hall–Kier alpha value is -5.49. The second-order valence-electron chi connectivity index (χ2n) is 12.2. The number of carbonyl (C=O) groups is 3. The van der Waals surface area contributed by atoms with Crippen LogP contribution in [0.4, 0.5) is 9.59 Å². The van der Waals surface area contributed by atoms with Gasteiger partial charge in [-0.3, -0.25) is 9.78 Å². The van der Waals surface area contributed by atoms with Crippen molar-refractivity contribution in [3.63, 3.8) is 0 Å². The van der Waals surface area contributed by atoms with Crippen molar-refractivity contribution in [2.45, 2.75) is 70.6 Å². The van der Waals surface area contributed by atoms with E-state index in [1.807, 2.05) is 74.5 Å². The Labute approximate surface area is 292 Å². The molecule has 2 heterocycles. The first-order valence-electron chi connectivity index (χ1n) is 16.5. The summed E-state index contributed by atoms with van der Waals surface area (Å²) < 4.78 is 15.9. The van der Waals surface area contributed by atoms with Crippen LogP contribution < -0.4 is 20.7 Å². The highest BCUT2D eigenvalue weighted by molar-refractivity contribution is 5.86. The number of pyridine rings is 2. The standard InChI is InChI=1S/C38H45N5O7/c1-26(2)35(43-38(47)50-25-30-16-17-34(48-3)40-23-30)36(45)41-31(19-27-11-6-4-7-12-27)21-33(44)32(20-28-13-8-5-9-14-28)42-37(46)49-24-29-15-10-18-39-22-29/h4-18,22-23,26,31-33,35,44H,19-21,24-25H2,1-3H3,(H,41,45)(H,42,46)(H,43,47)/t31-,32-,33-,35-/m0/s1. The van der Waals surface area contributed by atoms with Gasteiger partial charge in [0.15, 0.2) is 0 Å². The summed E-state index contributed by atoms with van der Waals surface area (Å²) in [5.41, 5.74) is 3.22. The Kier molecular flexibility index (Phi) is 14.6. The molecule has 4 N–H and O–H groups in total. The third-order valence-corrected chi connectivity index (χ3v) is 7.96. The van der Waals surface area contributed by atoms with Crippen molar-refractivity contribution in [1.29, 1.82) is 0 Å². The lowest BCUT2D eigenvalue weighted by atomic mass is 9.93. The van der Waals surface area contributed by atoms with E-state index in [1.165, 1.54) is 7.11 Å². The van der Waals surface area contributed by atoms with Crippen LogP contribution in [0.25, 0.3) is 0 Å². The number of carbonyl (C=O) groups excluding carboxylic acids is 3. The van der Waals surface area contributed by atoms with Gasteiger partial charge in [-0.05, 0) is 48.4 Å². The second-order valence-corrected chi connectivity index (χ2v) is 12.2. The van der Waals surface area contributed by atoms with Gasteiger partial charge in [0, 0.05) is 41.8 Å². The molecule has 0 radical (unpaired) electrons. The summed E-state index contributed by atoms with van der Waals surface area (Å²) in [6.45, 7) is 3.61. The number of amides is 3. The number of aromatic nitrogens is 2. The lowest BCUT2D eigenvalue weighted by Gasteiger charge is -2.30. The first-order valence-corrected chi connectivity index (χ1v) is 16.5. The molecule has 4 aromatic rings. The van der Waals surface area contributed by atoms with Crippen LogP contribution in [-0.4, -0.2) is 64.5 Å². The molecule has 0 bridgehead atoms. The minimum atomic E-state index is -1.08. The van der Waals surface area contributed by atoms with Crippen molar-refractivity contribution in [2.24, 2.45) is 5.92 Å². The van der Waals surface area contributed by atoms with Gasteiger partial charge in [0.05, 0.1) is 19.3 Å². The zero-order chi connectivity index (χ0) is 35.7. The van der Waals surface area contributed by atoms with E-state index in [0.717, 1.165) is 16.7 Å². The van der Waals surface area contributed by atoms with Crippen LogP contribution in [0.1, 0.15) is 42.5 Å². The molecular formula is C38H45N5O7. The van der Waals surface area contributed by atoms with E-state index in [4.69, 9.17) is 14.2 Å². The minimum absolute atomic E-state index is 0.0174. The van der Waals surface area contributed by atoms with Crippen molar-refractivity contribution >= 4 is 18.1 Å². The fourth-order valence-corrected chi connectivity index (χ4v) is 5.28. The van der Waals surface area contributed by atoms with Gasteiger partial charge in [0.25, 0.3) is 0 Å². The molecule has 0 saturated heterocycles. The molecule has 0 spiro atoms. The molecular weight excluding hydrogens is 638 g/mol. The average molecular weight is 684 g/mol. The SMILES string of the molecule is COc1ccc(COC(=O)N[C@H](C(=O)N[C@@H](Cc2ccccc2)C[C@H](O)[C@H](Cc2ccccc2)NC(=O)OCc2cccnc2)C(C)C)cn1. The first kappa shape index (κ1) is 37.3. The largest absolute Gasteiger partial charge is 0.481 e. The normalized spacial score (nSPS) is 13.3. The highest BCUT2D eigenvalue weighted by Crippen LogP contribution is 2.16. The average Bonchev–Trinajstić information content (AvgIpc) is 3.13. The molecule has 12 nitrogen and oxygen atoms in total. The van der Waals surface area contributed by atoms with Crippen LogP contribution in [0.5, 0.6) is 5.88 Å². The number of aliphatic hydroxyl groups excluding tert-OH is 1. The third-order valence-electron chi connectivity index (χ3n) is 7.96. The molecule has 50 heavy (non-hydrogen) atoms. The quantitative estimate of drug-likeness (QED) is 0.123. The second kappa shape index (κ2) is 19.5. The number of rotatable bonds is 17. The van der Waals surface area contributed by atoms with Crippen molar-refractivity contribution in [2.75, 3.05) is 7.11 Å². The van der Waals surface area contributed by atoms with Gasteiger partial charge < -0.3 is 35.3 Å². The van der Waals surface area contributed by atoms with E-state index in [1.54, 1.807) is 42.9 Å². The molecule has 2 aromatic heterocycles. The molecule has 2 aromatic carbocycles. The highest BCUT2D eigenvalue weighted by Gasteiger charge is 2.30. The zero-order valence-corrected chi connectivity index (χ0v) is 28.5. The van der Waals surface area contributed by atoms with Gasteiger partial charge in [-0.25, -0.2) is 14.6 Å². The fraction of sp³-hybridized carbons (Fsp3) is 0.342. The van der Waals surface area contributed by atoms with Gasteiger partial charge in [-0.1, -0.05) is 80.6 Å². The molecule has 0 aliphatic heterocycles. The number of hydrogen-bond acceptors (Lipinski definition) is 9. The topological polar surface area (TPSA) is 161 Å². The monoisotopic (exact) mass is 683 g/mol. The maximum absolute atomic E-state index is 13.7. The molecule has 3 amide bonds. The maximum atomic E-state index is 13.7. The van der Waals surface area contributed by atoms with E-state index in [2.05, 4.69) is 25.9 Å². The summed E-state index contributed by atoms with van der Waals surface area (Å²) in [5.74, 6) is -0.276. The van der Waals surface area contributed by atoms with Crippen LogP contribution >= 0.6 is 0 Å². The Morgan fingerprint density at radius 2 is 1.32 bits per heavy atom. The van der Waals surface area contributed by atoms with Gasteiger partial charge >= 0.3 is 12.2 Å². The summed E-state index contributed by atoms with van der Waals surface area (Å²) in [6, 6.07) is 23.8. The van der Waals surface area contributed by atoms with Gasteiger partial charge in [0.1, 0.15) is 19.3 Å². The number of benzene rings is 2. The Bertz CT molecular complexity index is 1610. The molecule has 12 heteroatoms. The number of aliphatic hydroxyl groups is 1. The summed E-state index contributed by atoms with van der Waals surface area (Å²) >= 11 is 0. The number of nitrogens with one attached hydrogen (secondary N) is 3. The Balaban J connectivity index is 1.45. The number of nitrogens with zero attached hydrogens (tertiary/aromatic N) is 2. The third kappa shape index (κ3) is 12.5. The summed E-state index contributed by atoms with van der Waals surface area (Å²) in [7, 11) is 1.51. The van der Waals surface area contributed by atoms with Gasteiger partial charge in [0.2, 0.25) is 11.8 Å². The van der Waals surface area contributed by atoms with Crippen LogP contribution in [0.15, 0.2) is 104 Å². The van der Waals surface area contributed by atoms with E-state index in [0.29, 0.717) is 24.3 Å². The molecule has 4 atom stereocenters. The molecule has 0 aliphatic carbocycles. The van der Waals surface area contributed by atoms with Gasteiger partial charge in [-0.15, -0.1) is 0 Å². The lowest BCUT2D eigenvalue weighted by molar-refractivity contribution is -0.125. The van der Waals surface area contributed by atoms with Crippen molar-refractivity contribution < 1.29 is 33.7 Å². The maximum Gasteiger partial charge on any atom is 0.408 e. The number of alkyl carbamates (subject to hydrolysis) is 2. The van der Waals surface area contributed by atoms with Crippen molar-refractivity contribution in [1.82, 2.24) is 25.9 Å². The van der Waals surface area contributed by atoms with Crippen LogP contribution in [0.3, 0.4) is 0 Å². The van der Waals surface area contributed by atoms with E-state index < -0.39 is 42.3 Å². The first-order chi connectivity index (χ1) is 24.2.